The predicted molar refractivity (Wildman–Crippen MR) is 183 cm³/mol. The van der Waals surface area contributed by atoms with Crippen LogP contribution in [0.2, 0.25) is 0 Å². The van der Waals surface area contributed by atoms with Crippen LogP contribution in [0.3, 0.4) is 0 Å². The second-order valence-corrected chi connectivity index (χ2v) is 11.5. The summed E-state index contributed by atoms with van der Waals surface area (Å²) >= 11 is 0. The lowest BCUT2D eigenvalue weighted by Gasteiger charge is -2.30. The van der Waals surface area contributed by atoms with E-state index in [2.05, 4.69) is 108 Å². The summed E-state index contributed by atoms with van der Waals surface area (Å²) in [6, 6.07) is 56.6. The van der Waals surface area contributed by atoms with E-state index in [1.54, 1.807) is 0 Å². The lowest BCUT2D eigenvalue weighted by molar-refractivity contribution is 0.718. The summed E-state index contributed by atoms with van der Waals surface area (Å²) in [5, 5.41) is 0. The number of fused-ring (bicyclic) bond motifs is 5. The average molecular weight is 590 g/mol. The van der Waals surface area contributed by atoms with E-state index in [1.807, 2.05) is 60.7 Å². The van der Waals surface area contributed by atoms with E-state index in [0.717, 1.165) is 39.2 Å². The molecule has 0 aliphatic carbocycles. The highest BCUT2D eigenvalue weighted by atomic mass is 15.1. The van der Waals surface area contributed by atoms with Gasteiger partial charge in [0, 0.05) is 16.7 Å². The fraction of sp³-hybridized carbons (Fsp3) is 0.0244. The first-order valence-corrected chi connectivity index (χ1v) is 15.4. The summed E-state index contributed by atoms with van der Waals surface area (Å²) in [4.78, 5) is 20.3. The summed E-state index contributed by atoms with van der Waals surface area (Å²) in [5.74, 6) is 2.86. The molecule has 0 N–H and O–H groups in total. The van der Waals surface area contributed by atoms with E-state index >= 15 is 0 Å². The Morgan fingerprint density at radius 1 is 0.413 bits per heavy atom. The molecule has 0 saturated carbocycles. The van der Waals surface area contributed by atoms with Gasteiger partial charge in [-0.15, -0.1) is 0 Å². The summed E-state index contributed by atoms with van der Waals surface area (Å²) in [7, 11) is 0. The third kappa shape index (κ3) is 3.95. The van der Waals surface area contributed by atoms with Crippen LogP contribution in [0.25, 0.3) is 50.9 Å². The number of benzene rings is 6. The first-order chi connectivity index (χ1) is 22.8. The van der Waals surface area contributed by atoms with Crippen molar-refractivity contribution < 1.29 is 0 Å². The van der Waals surface area contributed by atoms with Crippen LogP contribution in [-0.4, -0.2) is 24.5 Å². The quantitative estimate of drug-likeness (QED) is 0.201. The molecule has 0 saturated heterocycles. The van der Waals surface area contributed by atoms with Gasteiger partial charge < -0.3 is 0 Å². The van der Waals surface area contributed by atoms with Crippen molar-refractivity contribution >= 4 is 11.0 Å². The van der Waals surface area contributed by atoms with Crippen LogP contribution >= 0.6 is 0 Å². The molecule has 5 nitrogen and oxygen atoms in total. The van der Waals surface area contributed by atoms with E-state index in [-0.39, 0.29) is 0 Å². The summed E-state index contributed by atoms with van der Waals surface area (Å²) in [6.45, 7) is 0. The van der Waals surface area contributed by atoms with Crippen molar-refractivity contribution in [3.63, 3.8) is 0 Å². The van der Waals surface area contributed by atoms with Gasteiger partial charge in [-0.25, -0.2) is 19.9 Å². The number of hydrogen-bond acceptors (Lipinski definition) is 4. The van der Waals surface area contributed by atoms with Gasteiger partial charge >= 0.3 is 0 Å². The lowest BCUT2D eigenvalue weighted by Crippen LogP contribution is -2.29. The van der Waals surface area contributed by atoms with Gasteiger partial charge in [0.05, 0.1) is 16.7 Å². The van der Waals surface area contributed by atoms with Gasteiger partial charge in [-0.2, -0.15) is 0 Å². The smallest absolute Gasteiger partial charge is 0.164 e. The minimum Gasteiger partial charge on any atom is -0.295 e. The molecule has 1 aliphatic rings. The van der Waals surface area contributed by atoms with E-state index < -0.39 is 5.41 Å². The van der Waals surface area contributed by atoms with E-state index in [0.29, 0.717) is 17.5 Å². The van der Waals surface area contributed by atoms with Crippen LogP contribution in [0, 0.1) is 0 Å². The second-order valence-electron chi connectivity index (χ2n) is 11.5. The molecule has 1 aliphatic heterocycles. The first-order valence-electron chi connectivity index (χ1n) is 15.4. The number of imidazole rings is 1. The number of nitrogens with zero attached hydrogens (tertiary/aromatic N) is 5. The Kier molecular flexibility index (Phi) is 5.96. The zero-order chi connectivity index (χ0) is 30.5. The normalized spacial score (nSPS) is 13.0. The van der Waals surface area contributed by atoms with Crippen molar-refractivity contribution in [2.24, 2.45) is 0 Å². The Labute approximate surface area is 266 Å². The molecule has 6 aromatic carbocycles. The lowest BCUT2D eigenvalue weighted by atomic mass is 9.70. The molecule has 2 aromatic heterocycles. The number of para-hydroxylation sites is 1. The number of hydrogen-bond donors (Lipinski definition) is 0. The molecule has 8 aromatic rings. The average Bonchev–Trinajstić information content (AvgIpc) is 3.66. The molecule has 216 valence electrons. The topological polar surface area (TPSA) is 56.5 Å². The molecule has 0 fully saturated rings. The van der Waals surface area contributed by atoms with Crippen molar-refractivity contribution in [2.75, 3.05) is 0 Å². The second kappa shape index (κ2) is 10.5. The maximum absolute atomic E-state index is 5.45. The van der Waals surface area contributed by atoms with E-state index in [4.69, 9.17) is 19.9 Å². The number of rotatable bonds is 5. The Morgan fingerprint density at radius 2 is 0.891 bits per heavy atom. The zero-order valence-electron chi connectivity index (χ0n) is 24.8. The zero-order valence-corrected chi connectivity index (χ0v) is 24.8. The molecule has 5 heteroatoms. The largest absolute Gasteiger partial charge is 0.295 e. The Hall–Kier alpha value is -6.20. The van der Waals surface area contributed by atoms with Gasteiger partial charge in [0.15, 0.2) is 17.5 Å². The minimum absolute atomic E-state index is 0.577. The van der Waals surface area contributed by atoms with Gasteiger partial charge in [-0.1, -0.05) is 140 Å². The molecular weight excluding hydrogens is 562 g/mol. The standard InChI is InChI=1S/C41H27N5/c1-5-15-28(16-6-1)37-43-38(29-17-7-2-8-18-29)45-39(44-37)30-25-26-36-34(27-30)42-40-41(31-19-9-3-10-20-31,32-21-11-4-12-22-32)33-23-13-14-24-35(33)46(36)40/h1-27H. The van der Waals surface area contributed by atoms with Gasteiger partial charge in [-0.3, -0.25) is 4.57 Å². The summed E-state index contributed by atoms with van der Waals surface area (Å²) in [6.07, 6.45) is 0. The fourth-order valence-electron chi connectivity index (χ4n) is 6.87. The van der Waals surface area contributed by atoms with Crippen molar-refractivity contribution in [3.8, 4) is 39.9 Å². The Morgan fingerprint density at radius 3 is 1.46 bits per heavy atom. The van der Waals surface area contributed by atoms with Gasteiger partial charge in [0.1, 0.15) is 11.2 Å². The molecule has 0 unspecified atom stereocenters. The van der Waals surface area contributed by atoms with E-state index in [9.17, 15) is 0 Å². The Bertz CT molecular complexity index is 2250. The molecule has 3 heterocycles. The van der Waals surface area contributed by atoms with Crippen molar-refractivity contribution in [1.82, 2.24) is 24.5 Å². The van der Waals surface area contributed by atoms with Crippen LogP contribution in [0.1, 0.15) is 22.5 Å². The van der Waals surface area contributed by atoms with Crippen LogP contribution < -0.4 is 0 Å². The Balaban J connectivity index is 1.28. The third-order valence-electron chi connectivity index (χ3n) is 8.91. The van der Waals surface area contributed by atoms with Crippen molar-refractivity contribution in [1.29, 1.82) is 0 Å². The predicted octanol–water partition coefficient (Wildman–Crippen LogP) is 8.91. The highest BCUT2D eigenvalue weighted by Crippen LogP contribution is 2.52. The van der Waals surface area contributed by atoms with Crippen molar-refractivity contribution in [2.45, 2.75) is 5.41 Å². The van der Waals surface area contributed by atoms with Gasteiger partial charge in [-0.05, 0) is 41.0 Å². The highest BCUT2D eigenvalue weighted by Gasteiger charge is 2.48. The maximum atomic E-state index is 5.45. The molecule has 9 rings (SSSR count). The molecule has 0 atom stereocenters. The molecule has 0 amide bonds. The summed E-state index contributed by atoms with van der Waals surface area (Å²) in [5.41, 5.74) is 8.85. The van der Waals surface area contributed by atoms with Crippen LogP contribution in [0.4, 0.5) is 0 Å². The fourth-order valence-corrected chi connectivity index (χ4v) is 6.87. The van der Waals surface area contributed by atoms with Gasteiger partial charge in [0.2, 0.25) is 0 Å². The van der Waals surface area contributed by atoms with Crippen LogP contribution in [-0.2, 0) is 5.41 Å². The third-order valence-corrected chi connectivity index (χ3v) is 8.91. The minimum atomic E-state index is -0.577. The van der Waals surface area contributed by atoms with Crippen LogP contribution in [0.5, 0.6) is 0 Å². The molecule has 0 radical (unpaired) electrons. The van der Waals surface area contributed by atoms with Crippen LogP contribution in [0.15, 0.2) is 164 Å². The molecule has 0 spiro atoms. The van der Waals surface area contributed by atoms with Crippen molar-refractivity contribution in [3.05, 3.63) is 186 Å². The first kappa shape index (κ1) is 26.2. The maximum Gasteiger partial charge on any atom is 0.164 e. The molecular formula is C41H27N5. The molecule has 0 bridgehead atoms. The van der Waals surface area contributed by atoms with Gasteiger partial charge in [0.25, 0.3) is 0 Å². The van der Waals surface area contributed by atoms with E-state index in [1.165, 1.54) is 16.7 Å². The number of aromatic nitrogens is 5. The monoisotopic (exact) mass is 589 g/mol. The SMILES string of the molecule is c1ccc(-c2nc(-c3ccccc3)nc(-c3ccc4c(c3)nc3n4-c4ccccc4C3(c3ccccc3)c3ccccc3)n2)cc1. The highest BCUT2D eigenvalue weighted by molar-refractivity contribution is 5.87. The molecule has 46 heavy (non-hydrogen) atoms. The summed E-state index contributed by atoms with van der Waals surface area (Å²) < 4.78 is 2.33.